The minimum absolute atomic E-state index is 0.217. The average Bonchev–Trinajstić information content (AvgIpc) is 2.64. The number of pyridine rings is 1. The van der Waals surface area contributed by atoms with Crippen molar-refractivity contribution in [2.75, 3.05) is 0 Å². The van der Waals surface area contributed by atoms with Crippen molar-refractivity contribution in [3.05, 3.63) is 57.6 Å². The molecule has 1 aromatic carbocycles. The molecule has 0 amide bonds. The van der Waals surface area contributed by atoms with Crippen molar-refractivity contribution < 1.29 is 0 Å². The Kier molecular flexibility index (Phi) is 2.45. The summed E-state index contributed by atoms with van der Waals surface area (Å²) in [6.45, 7) is 1.89. The lowest BCUT2D eigenvalue weighted by molar-refractivity contribution is 0.953. The van der Waals surface area contributed by atoms with Gasteiger partial charge in [0.25, 0.3) is 0 Å². The molecule has 3 aromatic rings. The van der Waals surface area contributed by atoms with E-state index in [4.69, 9.17) is 11.6 Å². The minimum atomic E-state index is -0.217. The Morgan fingerprint density at radius 3 is 2.89 bits per heavy atom. The van der Waals surface area contributed by atoms with Crippen molar-refractivity contribution in [2.24, 2.45) is 0 Å². The molecule has 90 valence electrons. The van der Waals surface area contributed by atoms with Crippen LogP contribution in [-0.2, 0) is 0 Å². The number of aromatic amines is 1. The first-order valence-corrected chi connectivity index (χ1v) is 5.87. The molecule has 5 heteroatoms. The van der Waals surface area contributed by atoms with E-state index < -0.39 is 0 Å². The fourth-order valence-corrected chi connectivity index (χ4v) is 2.12. The Morgan fingerprint density at radius 2 is 2.11 bits per heavy atom. The number of halogens is 1. The second-order valence-corrected chi connectivity index (χ2v) is 4.50. The average molecular weight is 260 g/mol. The van der Waals surface area contributed by atoms with E-state index in [1.54, 1.807) is 24.3 Å². The third kappa shape index (κ3) is 1.71. The largest absolute Gasteiger partial charge is 0.332 e. The molecule has 2 aromatic heterocycles. The van der Waals surface area contributed by atoms with Crippen molar-refractivity contribution in [3.8, 4) is 5.82 Å². The van der Waals surface area contributed by atoms with Gasteiger partial charge in [0, 0.05) is 10.7 Å². The lowest BCUT2D eigenvalue weighted by Gasteiger charge is -2.03. The predicted octanol–water partition coefficient (Wildman–Crippen LogP) is 2.68. The zero-order valence-corrected chi connectivity index (χ0v) is 10.4. The van der Waals surface area contributed by atoms with Gasteiger partial charge in [-0.3, -0.25) is 0 Å². The zero-order valence-electron chi connectivity index (χ0n) is 9.64. The van der Waals surface area contributed by atoms with Gasteiger partial charge in [-0.25, -0.2) is 14.3 Å². The molecule has 0 radical (unpaired) electrons. The summed E-state index contributed by atoms with van der Waals surface area (Å²) in [6.07, 6.45) is 0. The molecule has 18 heavy (non-hydrogen) atoms. The molecule has 0 fully saturated rings. The van der Waals surface area contributed by atoms with Gasteiger partial charge in [0.2, 0.25) is 0 Å². The molecule has 0 atom stereocenters. The number of nitrogens with one attached hydrogen (secondary N) is 1. The first-order chi connectivity index (χ1) is 8.65. The summed E-state index contributed by atoms with van der Waals surface area (Å²) in [5.41, 5.74) is 2.11. The highest BCUT2D eigenvalue weighted by Crippen LogP contribution is 2.18. The maximum Gasteiger partial charge on any atom is 0.332 e. The first kappa shape index (κ1) is 11.0. The number of aromatic nitrogens is 3. The Balaban J connectivity index is 2.38. The highest BCUT2D eigenvalue weighted by Gasteiger charge is 2.09. The van der Waals surface area contributed by atoms with E-state index in [9.17, 15) is 4.79 Å². The zero-order chi connectivity index (χ0) is 12.7. The number of rotatable bonds is 1. The van der Waals surface area contributed by atoms with E-state index >= 15 is 0 Å². The Hall–Kier alpha value is -2.07. The predicted molar refractivity (Wildman–Crippen MR) is 71.4 cm³/mol. The van der Waals surface area contributed by atoms with E-state index in [-0.39, 0.29) is 5.69 Å². The van der Waals surface area contributed by atoms with E-state index in [0.29, 0.717) is 10.8 Å². The number of H-pyrrole nitrogens is 1. The highest BCUT2D eigenvalue weighted by molar-refractivity contribution is 6.31. The summed E-state index contributed by atoms with van der Waals surface area (Å²) < 4.78 is 1.52. The van der Waals surface area contributed by atoms with Gasteiger partial charge in [0.05, 0.1) is 11.0 Å². The number of benzene rings is 1. The molecule has 0 aliphatic carbocycles. The lowest BCUT2D eigenvalue weighted by atomic mass is 10.3. The van der Waals surface area contributed by atoms with Crippen LogP contribution in [0, 0.1) is 6.92 Å². The molecular formula is C13H10ClN3O. The van der Waals surface area contributed by atoms with Crippen molar-refractivity contribution in [1.29, 1.82) is 0 Å². The van der Waals surface area contributed by atoms with E-state index in [1.165, 1.54) is 4.57 Å². The molecule has 0 spiro atoms. The summed E-state index contributed by atoms with van der Waals surface area (Å²) in [5, 5.41) is 0.586. The van der Waals surface area contributed by atoms with Gasteiger partial charge < -0.3 is 4.98 Å². The van der Waals surface area contributed by atoms with Gasteiger partial charge in [-0.15, -0.1) is 0 Å². The van der Waals surface area contributed by atoms with Crippen LogP contribution in [0.5, 0.6) is 0 Å². The second-order valence-electron chi connectivity index (χ2n) is 4.06. The Labute approximate surface area is 108 Å². The Bertz CT molecular complexity index is 788. The Morgan fingerprint density at radius 1 is 1.28 bits per heavy atom. The summed E-state index contributed by atoms with van der Waals surface area (Å²) in [4.78, 5) is 19.1. The highest BCUT2D eigenvalue weighted by atomic mass is 35.5. The molecule has 0 bridgehead atoms. The third-order valence-electron chi connectivity index (χ3n) is 2.75. The number of aryl methyl sites for hydroxylation is 1. The summed E-state index contributed by atoms with van der Waals surface area (Å²) in [5.74, 6) is 0.591. The molecular weight excluding hydrogens is 250 g/mol. The van der Waals surface area contributed by atoms with E-state index in [2.05, 4.69) is 9.97 Å². The number of hydrogen-bond donors (Lipinski definition) is 1. The monoisotopic (exact) mass is 259 g/mol. The fraction of sp³-hybridized carbons (Fsp3) is 0.0769. The SMILES string of the molecule is Cc1cccc(-n2c(=O)[nH]c3ccc(Cl)cc32)n1. The smallest absolute Gasteiger partial charge is 0.305 e. The molecule has 0 aliphatic heterocycles. The molecule has 2 heterocycles. The second kappa shape index (κ2) is 3.99. The van der Waals surface area contributed by atoms with Crippen molar-refractivity contribution >= 4 is 22.6 Å². The van der Waals surface area contributed by atoms with Crippen LogP contribution in [0.2, 0.25) is 5.02 Å². The van der Waals surface area contributed by atoms with Crippen molar-refractivity contribution in [1.82, 2.24) is 14.5 Å². The van der Waals surface area contributed by atoms with Gasteiger partial charge in [0.1, 0.15) is 5.82 Å². The minimum Gasteiger partial charge on any atom is -0.305 e. The van der Waals surface area contributed by atoms with Crippen LogP contribution in [0.1, 0.15) is 5.69 Å². The van der Waals surface area contributed by atoms with Crippen LogP contribution in [0.3, 0.4) is 0 Å². The number of imidazole rings is 1. The van der Waals surface area contributed by atoms with E-state index in [1.807, 2.05) is 19.1 Å². The summed E-state index contributed by atoms with van der Waals surface area (Å²) in [7, 11) is 0. The topological polar surface area (TPSA) is 50.7 Å². The summed E-state index contributed by atoms with van der Waals surface area (Å²) >= 11 is 5.97. The van der Waals surface area contributed by atoms with Gasteiger partial charge in [-0.05, 0) is 37.3 Å². The molecule has 0 saturated heterocycles. The van der Waals surface area contributed by atoms with Gasteiger partial charge in [0.15, 0.2) is 0 Å². The van der Waals surface area contributed by atoms with Gasteiger partial charge >= 0.3 is 5.69 Å². The molecule has 1 N–H and O–H groups in total. The molecule has 0 unspecified atom stereocenters. The number of fused-ring (bicyclic) bond motifs is 1. The van der Waals surface area contributed by atoms with Gasteiger partial charge in [-0.2, -0.15) is 0 Å². The maximum atomic E-state index is 12.0. The van der Waals surface area contributed by atoms with Crippen LogP contribution < -0.4 is 5.69 Å². The number of hydrogen-bond acceptors (Lipinski definition) is 2. The standard InChI is InChI=1S/C13H10ClN3O/c1-8-3-2-4-12(15-8)17-11-7-9(14)5-6-10(11)16-13(17)18/h2-7H,1H3,(H,16,18). The molecule has 0 saturated carbocycles. The van der Waals surface area contributed by atoms with Crippen molar-refractivity contribution in [2.45, 2.75) is 6.92 Å². The quantitative estimate of drug-likeness (QED) is 0.730. The van der Waals surface area contributed by atoms with Gasteiger partial charge in [-0.1, -0.05) is 17.7 Å². The normalized spacial score (nSPS) is 11.0. The molecule has 4 nitrogen and oxygen atoms in total. The molecule has 0 aliphatic rings. The van der Waals surface area contributed by atoms with Crippen molar-refractivity contribution in [3.63, 3.8) is 0 Å². The third-order valence-corrected chi connectivity index (χ3v) is 2.98. The molecule has 3 rings (SSSR count). The van der Waals surface area contributed by atoms with Crippen LogP contribution in [0.4, 0.5) is 0 Å². The fourth-order valence-electron chi connectivity index (χ4n) is 1.96. The van der Waals surface area contributed by atoms with Crippen LogP contribution in [-0.4, -0.2) is 14.5 Å². The lowest BCUT2D eigenvalue weighted by Crippen LogP contribution is -2.15. The summed E-state index contributed by atoms with van der Waals surface area (Å²) in [6, 6.07) is 10.8. The van der Waals surface area contributed by atoms with Crippen LogP contribution in [0.15, 0.2) is 41.2 Å². The van der Waals surface area contributed by atoms with Crippen LogP contribution in [0.25, 0.3) is 16.9 Å². The van der Waals surface area contributed by atoms with E-state index in [0.717, 1.165) is 16.7 Å². The maximum absolute atomic E-state index is 12.0. The van der Waals surface area contributed by atoms with Crippen LogP contribution >= 0.6 is 11.6 Å². The first-order valence-electron chi connectivity index (χ1n) is 5.49. The number of nitrogens with zero attached hydrogens (tertiary/aromatic N) is 2.